The van der Waals surface area contributed by atoms with Crippen LogP contribution in [0.15, 0.2) is 0 Å². The summed E-state index contributed by atoms with van der Waals surface area (Å²) in [5.74, 6) is -15.5. The topological polar surface area (TPSA) is 547 Å². The number of carboxylic acids is 3. The van der Waals surface area contributed by atoms with Gasteiger partial charge in [0.15, 0.2) is 12.6 Å². The molecule has 4 rings (SSSR count). The fraction of sp³-hybridized carbons (Fsp3) is 0.850. The lowest BCUT2D eigenvalue weighted by molar-refractivity contribution is -0.411. The smallest absolute Gasteiger partial charge is 0.323 e. The first kappa shape index (κ1) is 61.5. The Balaban J connectivity index is 1.78. The molecule has 0 aromatic carbocycles. The molecule has 0 spiro atoms. The van der Waals surface area contributed by atoms with Gasteiger partial charge in [-0.1, -0.05) is 0 Å². The predicted octanol–water partition coefficient (Wildman–Crippen LogP) is -13.8. The third-order valence-electron chi connectivity index (χ3n) is 12.4. The van der Waals surface area contributed by atoms with Gasteiger partial charge in [-0.3, -0.25) is 19.2 Å². The molecule has 0 bridgehead atoms. The van der Waals surface area contributed by atoms with E-state index in [2.05, 4.69) is 16.0 Å². The van der Waals surface area contributed by atoms with Crippen LogP contribution in [0.4, 0.5) is 0 Å². The van der Waals surface area contributed by atoms with Crippen molar-refractivity contribution in [3.8, 4) is 0 Å². The Morgan fingerprint density at radius 2 is 1.11 bits per heavy atom. The third-order valence-corrected chi connectivity index (χ3v) is 12.4. The molecule has 0 aromatic rings. The van der Waals surface area contributed by atoms with Gasteiger partial charge in [-0.15, -0.1) is 0 Å². The van der Waals surface area contributed by atoms with Crippen LogP contribution in [-0.4, -0.2) is 274 Å². The fourth-order valence-corrected chi connectivity index (χ4v) is 8.62. The molecular formula is C40H64N4O29-2. The van der Waals surface area contributed by atoms with Gasteiger partial charge in [0.1, 0.15) is 103 Å². The van der Waals surface area contributed by atoms with Crippen molar-refractivity contribution in [3.05, 3.63) is 0 Å². The molecule has 4 heterocycles. The Morgan fingerprint density at radius 3 is 1.55 bits per heavy atom. The standard InChI is InChI=1S/C40H66N4O29/c1-11(21(41)34(60)61)67-35-24(44-14(4)50)30(28(58)20(69-35)10-66-39(37(62)63)5-15(51)22(42-12(2)48)31(71-39)25(55)17(53)7-45)70-36-29(59)33(27(57)19(9-47)68-36)73-40(38(64)65)6-16(52)23(43-13(3)49)32(72-40)26(56)18(54)8-46/h11,15-33,35-36,45-47,51-59H,5-10,41H2,1-4H3,(H,42,48)(H,43,49)(H,44,50)(H,60,61)(H,62,63)(H,64,65)/p-2/t11-,15+,16+,17-,18-,19-,20-,21+,22-,23-,24-,25-,26-,27+,28+,29-,30-,31-,32-,33+,35+,36+,39-,40+/m1/s1. The number of carbonyl (C=O) groups is 6. The summed E-state index contributed by atoms with van der Waals surface area (Å²) in [5.41, 5.74) is 5.76. The minimum Gasteiger partial charge on any atom is -0.544 e. The maximum Gasteiger partial charge on any atom is 0.323 e. The second-order valence-corrected chi connectivity index (χ2v) is 17.9. The van der Waals surface area contributed by atoms with E-state index in [1.54, 1.807) is 0 Å². The molecule has 4 saturated heterocycles. The first-order chi connectivity index (χ1) is 34.0. The molecule has 0 saturated carbocycles. The van der Waals surface area contributed by atoms with Gasteiger partial charge >= 0.3 is 5.97 Å². The number of hydrogen-bond donors (Lipinski definition) is 17. The van der Waals surface area contributed by atoms with Crippen molar-refractivity contribution in [2.45, 2.75) is 187 Å². The maximum atomic E-state index is 12.9. The number of nitrogens with one attached hydrogen (secondary N) is 3. The predicted molar refractivity (Wildman–Crippen MR) is 222 cm³/mol. The zero-order chi connectivity index (χ0) is 55.2. The molecule has 0 aliphatic carbocycles. The van der Waals surface area contributed by atoms with Gasteiger partial charge in [0.2, 0.25) is 29.3 Å². The molecule has 18 N–H and O–H groups in total. The summed E-state index contributed by atoms with van der Waals surface area (Å²) < 4.78 is 45.6. The van der Waals surface area contributed by atoms with Crippen LogP contribution < -0.4 is 31.9 Å². The Hall–Kier alpha value is -4.02. The molecule has 420 valence electrons. The summed E-state index contributed by atoms with van der Waals surface area (Å²) >= 11 is 0. The molecule has 0 unspecified atom stereocenters. The van der Waals surface area contributed by atoms with Crippen LogP contribution in [0.5, 0.6) is 0 Å². The molecule has 33 nitrogen and oxygen atoms in total. The Morgan fingerprint density at radius 1 is 0.671 bits per heavy atom. The Labute approximate surface area is 413 Å². The van der Waals surface area contributed by atoms with E-state index >= 15 is 0 Å². The second-order valence-electron chi connectivity index (χ2n) is 17.9. The van der Waals surface area contributed by atoms with Crippen molar-refractivity contribution in [1.82, 2.24) is 16.0 Å². The van der Waals surface area contributed by atoms with Gasteiger partial charge in [0, 0.05) is 33.6 Å². The number of nitrogens with two attached hydrogens (primary N) is 1. The number of carbonyl (C=O) groups excluding carboxylic acids is 5. The zero-order valence-corrected chi connectivity index (χ0v) is 39.4. The minimum absolute atomic E-state index is 0.837. The van der Waals surface area contributed by atoms with Crippen LogP contribution in [-0.2, 0) is 66.7 Å². The summed E-state index contributed by atoms with van der Waals surface area (Å²) in [5, 5.41) is 171. The summed E-state index contributed by atoms with van der Waals surface area (Å²) in [7, 11) is 0. The van der Waals surface area contributed by atoms with Crippen molar-refractivity contribution >= 4 is 35.6 Å². The molecule has 0 radical (unpaired) electrons. The molecular weight excluding hydrogens is 1000 g/mol. The van der Waals surface area contributed by atoms with Gasteiger partial charge in [-0.25, -0.2) is 0 Å². The second kappa shape index (κ2) is 25.7. The van der Waals surface area contributed by atoms with Gasteiger partial charge in [-0.05, 0) is 6.92 Å². The van der Waals surface area contributed by atoms with Crippen molar-refractivity contribution < 1.29 is 143 Å². The van der Waals surface area contributed by atoms with Crippen LogP contribution >= 0.6 is 0 Å². The highest BCUT2D eigenvalue weighted by Gasteiger charge is 2.59. The van der Waals surface area contributed by atoms with Crippen molar-refractivity contribution in [3.63, 3.8) is 0 Å². The number of aliphatic hydroxyl groups excluding tert-OH is 12. The first-order valence-electron chi connectivity index (χ1n) is 22.5. The molecule has 4 fully saturated rings. The average Bonchev–Trinajstić information content (AvgIpc) is 3.31. The molecule has 3 amide bonds. The first-order valence-corrected chi connectivity index (χ1v) is 22.5. The Bertz CT molecular complexity index is 1910. The van der Waals surface area contributed by atoms with Crippen LogP contribution in [0.1, 0.15) is 40.5 Å². The van der Waals surface area contributed by atoms with Crippen LogP contribution in [0, 0.1) is 0 Å². The van der Waals surface area contributed by atoms with Gasteiger partial charge in [0.25, 0.3) is 0 Å². The number of amides is 3. The number of carboxylic acid groups (broad SMARTS) is 3. The van der Waals surface area contributed by atoms with Crippen LogP contribution in [0.25, 0.3) is 0 Å². The van der Waals surface area contributed by atoms with E-state index in [0.717, 1.165) is 27.7 Å². The van der Waals surface area contributed by atoms with E-state index in [4.69, 9.17) is 43.6 Å². The van der Waals surface area contributed by atoms with Crippen molar-refractivity contribution in [2.75, 3.05) is 26.4 Å². The van der Waals surface area contributed by atoms with Crippen molar-refractivity contribution in [2.24, 2.45) is 5.73 Å². The monoisotopic (exact) mass is 1060 g/mol. The number of aliphatic carboxylic acids is 3. The number of rotatable bonds is 23. The van der Waals surface area contributed by atoms with E-state index in [-0.39, 0.29) is 0 Å². The lowest BCUT2D eigenvalue weighted by atomic mass is 9.88. The molecule has 73 heavy (non-hydrogen) atoms. The molecule has 33 heteroatoms. The maximum absolute atomic E-state index is 12.9. The molecule has 4 aliphatic heterocycles. The highest BCUT2D eigenvalue weighted by molar-refractivity contribution is 5.76. The number of ether oxygens (including phenoxy) is 8. The summed E-state index contributed by atoms with van der Waals surface area (Å²) in [6.07, 6.45) is -41.1. The van der Waals surface area contributed by atoms with E-state index in [1.165, 1.54) is 0 Å². The van der Waals surface area contributed by atoms with E-state index in [1.807, 2.05) is 0 Å². The van der Waals surface area contributed by atoms with Crippen LogP contribution in [0.3, 0.4) is 0 Å². The molecule has 24 atom stereocenters. The van der Waals surface area contributed by atoms with E-state index in [0.29, 0.717) is 0 Å². The number of hydrogen-bond acceptors (Lipinski definition) is 29. The third kappa shape index (κ3) is 14.1. The lowest BCUT2D eigenvalue weighted by Gasteiger charge is -2.52. The summed E-state index contributed by atoms with van der Waals surface area (Å²) in [6, 6.07) is -7.13. The highest BCUT2D eigenvalue weighted by Crippen LogP contribution is 2.39. The van der Waals surface area contributed by atoms with E-state index in [9.17, 15) is 105 Å². The SMILES string of the molecule is CC(=O)N[C@H]1[C@@H](O[C@H](C)[C@H](N)C(=O)O)O[C@H](CO[C@]2(C(=O)[O-])C[C@H](O)[C@@H](NC(C)=O)[C@H]([C@H](O)[C@H](O)CO)O2)[C@H](O)[C@@H]1O[C@@H]1O[C@H](CO)[C@H](O)[C@H](O[C@]2(C(=O)[O-])C[C@H](O)[C@@H](NC(C)=O)[C@H]([C@H](O)[C@H](O)CO)O2)[C@H]1O. The minimum atomic E-state index is -3.36. The normalized spacial score (nSPS) is 39.4. The van der Waals surface area contributed by atoms with Gasteiger partial charge < -0.3 is 146 Å². The highest BCUT2D eigenvalue weighted by atomic mass is 16.8. The average molecular weight is 1060 g/mol. The van der Waals surface area contributed by atoms with Crippen LogP contribution in [0.2, 0.25) is 0 Å². The van der Waals surface area contributed by atoms with E-state index < -0.39 is 221 Å². The quantitative estimate of drug-likeness (QED) is 0.0452. The van der Waals surface area contributed by atoms with Crippen molar-refractivity contribution in [1.29, 1.82) is 0 Å². The Kier molecular flexibility index (Phi) is 21.6. The van der Waals surface area contributed by atoms with Gasteiger partial charge in [-0.2, -0.15) is 0 Å². The fourth-order valence-electron chi connectivity index (χ4n) is 8.62. The largest absolute Gasteiger partial charge is 0.544 e. The molecule has 0 aromatic heterocycles. The summed E-state index contributed by atoms with van der Waals surface area (Å²) in [4.78, 5) is 74.5. The number of aliphatic hydroxyl groups is 12. The molecule has 4 aliphatic rings. The summed E-state index contributed by atoms with van der Waals surface area (Å²) in [6.45, 7) is -0.779. The zero-order valence-electron chi connectivity index (χ0n) is 39.4. The van der Waals surface area contributed by atoms with Gasteiger partial charge in [0.05, 0.1) is 56.8 Å². The lowest BCUT2D eigenvalue weighted by Crippen LogP contribution is -2.72.